The first-order valence-electron chi connectivity index (χ1n) is 12.0. The minimum atomic E-state index is 0.141. The summed E-state index contributed by atoms with van der Waals surface area (Å²) in [5, 5.41) is 0. The van der Waals surface area contributed by atoms with Crippen molar-refractivity contribution in [1.29, 1.82) is 0 Å². The van der Waals surface area contributed by atoms with E-state index in [2.05, 4.69) is 86.4 Å². The molecule has 0 bridgehead atoms. The third-order valence-corrected chi connectivity index (χ3v) is 7.87. The molecule has 0 aromatic heterocycles. The molecule has 2 atom stereocenters. The smallest absolute Gasteiger partial charge is 0.253 e. The van der Waals surface area contributed by atoms with E-state index >= 15 is 0 Å². The van der Waals surface area contributed by atoms with Gasteiger partial charge in [-0.15, -0.1) is 0 Å². The number of nitrogens with zero attached hydrogens (tertiary/aromatic N) is 2. The number of carbonyl (C=O) groups excluding carboxylic acids is 1. The Morgan fingerprint density at radius 3 is 2.15 bits per heavy atom. The van der Waals surface area contributed by atoms with Gasteiger partial charge in [0.2, 0.25) is 0 Å². The van der Waals surface area contributed by atoms with Gasteiger partial charge in [0.15, 0.2) is 0 Å². The molecule has 2 fully saturated rings. The highest BCUT2D eigenvalue weighted by Gasteiger charge is 2.37. The highest BCUT2D eigenvalue weighted by atomic mass is 79.9. The molecule has 2 aliphatic heterocycles. The van der Waals surface area contributed by atoms with Crippen molar-refractivity contribution >= 4 is 21.8 Å². The predicted octanol–water partition coefficient (Wildman–Crippen LogP) is 6.18. The molecule has 5 rings (SSSR count). The normalized spacial score (nSPS) is 21.9. The van der Waals surface area contributed by atoms with Gasteiger partial charge in [0.25, 0.3) is 5.91 Å². The Hall–Kier alpha value is -2.43. The van der Waals surface area contributed by atoms with Crippen LogP contribution in [0.4, 0.5) is 0 Å². The summed E-state index contributed by atoms with van der Waals surface area (Å²) >= 11 is 3.51. The molecule has 0 unspecified atom stereocenters. The number of likely N-dealkylation sites (tertiary alicyclic amines) is 2. The van der Waals surface area contributed by atoms with Gasteiger partial charge in [-0.05, 0) is 67.1 Å². The third kappa shape index (κ3) is 5.23. The molecule has 0 radical (unpaired) electrons. The minimum Gasteiger partial charge on any atom is -0.338 e. The Kier molecular flexibility index (Phi) is 6.93. The van der Waals surface area contributed by atoms with Gasteiger partial charge < -0.3 is 9.80 Å². The highest BCUT2D eigenvalue weighted by Crippen LogP contribution is 2.36. The highest BCUT2D eigenvalue weighted by molar-refractivity contribution is 9.10. The van der Waals surface area contributed by atoms with Crippen molar-refractivity contribution in [2.45, 2.75) is 24.7 Å². The first-order chi connectivity index (χ1) is 16.2. The van der Waals surface area contributed by atoms with Gasteiger partial charge in [-0.3, -0.25) is 4.79 Å². The molecular weight excluding hydrogens is 472 g/mol. The van der Waals surface area contributed by atoms with Gasteiger partial charge in [-0.1, -0.05) is 82.7 Å². The number of halogens is 1. The SMILES string of the molecule is O=C(c1cccc(Br)c1)N1C[C@@H](CN2CCC(c3ccccc3)CC2)[C@H](c2ccccc2)C1. The summed E-state index contributed by atoms with van der Waals surface area (Å²) in [5.41, 5.74) is 3.60. The second-order valence-corrected chi connectivity index (χ2v) is 10.4. The third-order valence-electron chi connectivity index (χ3n) is 7.38. The van der Waals surface area contributed by atoms with Gasteiger partial charge in [-0.25, -0.2) is 0 Å². The molecule has 0 spiro atoms. The number of benzene rings is 3. The van der Waals surface area contributed by atoms with E-state index in [4.69, 9.17) is 0 Å². The maximum absolute atomic E-state index is 13.3. The second kappa shape index (κ2) is 10.2. The topological polar surface area (TPSA) is 23.6 Å². The molecule has 1 amide bonds. The number of amides is 1. The van der Waals surface area contributed by atoms with Crippen LogP contribution in [0.25, 0.3) is 0 Å². The van der Waals surface area contributed by atoms with Crippen molar-refractivity contribution in [3.05, 3.63) is 106 Å². The molecule has 0 N–H and O–H groups in total. The summed E-state index contributed by atoms with van der Waals surface area (Å²) in [6, 6.07) is 29.5. The van der Waals surface area contributed by atoms with E-state index in [-0.39, 0.29) is 5.91 Å². The molecule has 2 saturated heterocycles. The lowest BCUT2D eigenvalue weighted by atomic mass is 9.86. The van der Waals surface area contributed by atoms with Crippen LogP contribution in [0.5, 0.6) is 0 Å². The molecule has 2 heterocycles. The quantitative estimate of drug-likeness (QED) is 0.415. The van der Waals surface area contributed by atoms with Crippen LogP contribution in [0.15, 0.2) is 89.4 Å². The Bertz CT molecular complexity index is 1060. The molecule has 0 aliphatic carbocycles. The van der Waals surface area contributed by atoms with Gasteiger partial charge >= 0.3 is 0 Å². The van der Waals surface area contributed by atoms with Crippen molar-refractivity contribution in [3.63, 3.8) is 0 Å². The zero-order valence-corrected chi connectivity index (χ0v) is 20.5. The van der Waals surface area contributed by atoms with Crippen LogP contribution < -0.4 is 0 Å². The predicted molar refractivity (Wildman–Crippen MR) is 138 cm³/mol. The first kappa shape index (κ1) is 22.4. The van der Waals surface area contributed by atoms with Gasteiger partial charge in [0, 0.05) is 35.6 Å². The summed E-state index contributed by atoms with van der Waals surface area (Å²) in [5.74, 6) is 1.65. The lowest BCUT2D eigenvalue weighted by molar-refractivity contribution is 0.0781. The number of hydrogen-bond acceptors (Lipinski definition) is 2. The zero-order valence-electron chi connectivity index (χ0n) is 18.9. The Morgan fingerprint density at radius 1 is 0.818 bits per heavy atom. The van der Waals surface area contributed by atoms with Gasteiger partial charge in [0.05, 0.1) is 0 Å². The van der Waals surface area contributed by atoms with Gasteiger partial charge in [0.1, 0.15) is 0 Å². The van der Waals surface area contributed by atoms with E-state index in [1.165, 1.54) is 24.0 Å². The van der Waals surface area contributed by atoms with Crippen molar-refractivity contribution in [2.24, 2.45) is 5.92 Å². The fraction of sp³-hybridized carbons (Fsp3) is 0.345. The Morgan fingerprint density at radius 2 is 1.48 bits per heavy atom. The molecule has 4 heteroatoms. The summed E-state index contributed by atoms with van der Waals surface area (Å²) in [4.78, 5) is 18.0. The number of piperidine rings is 1. The summed E-state index contributed by atoms with van der Waals surface area (Å²) in [6.45, 7) is 4.95. The van der Waals surface area contributed by atoms with Gasteiger partial charge in [-0.2, -0.15) is 0 Å². The van der Waals surface area contributed by atoms with Crippen molar-refractivity contribution in [3.8, 4) is 0 Å². The molecule has 3 nitrogen and oxygen atoms in total. The van der Waals surface area contributed by atoms with E-state index < -0.39 is 0 Å². The molecule has 3 aromatic carbocycles. The lowest BCUT2D eigenvalue weighted by Crippen LogP contribution is -2.38. The van der Waals surface area contributed by atoms with E-state index in [1.807, 2.05) is 24.3 Å². The Labute approximate surface area is 205 Å². The average Bonchev–Trinajstić information content (AvgIpc) is 3.29. The number of carbonyl (C=O) groups is 1. The monoisotopic (exact) mass is 502 g/mol. The van der Waals surface area contributed by atoms with Crippen LogP contribution in [0.2, 0.25) is 0 Å². The van der Waals surface area contributed by atoms with Crippen molar-refractivity contribution in [1.82, 2.24) is 9.80 Å². The maximum Gasteiger partial charge on any atom is 0.253 e. The fourth-order valence-electron chi connectivity index (χ4n) is 5.61. The van der Waals surface area contributed by atoms with Crippen LogP contribution in [0, 0.1) is 5.92 Å². The molecule has 0 saturated carbocycles. The molecule has 3 aromatic rings. The first-order valence-corrected chi connectivity index (χ1v) is 12.8. The second-order valence-electron chi connectivity index (χ2n) is 9.48. The molecule has 170 valence electrons. The summed E-state index contributed by atoms with van der Waals surface area (Å²) < 4.78 is 0.949. The molecular formula is C29H31BrN2O. The van der Waals surface area contributed by atoms with Crippen molar-refractivity contribution in [2.75, 3.05) is 32.7 Å². The Balaban J connectivity index is 1.28. The van der Waals surface area contributed by atoms with E-state index in [0.29, 0.717) is 17.8 Å². The van der Waals surface area contributed by atoms with Crippen LogP contribution in [-0.2, 0) is 0 Å². The minimum absolute atomic E-state index is 0.141. The van der Waals surface area contributed by atoms with E-state index in [9.17, 15) is 4.79 Å². The summed E-state index contributed by atoms with van der Waals surface area (Å²) in [7, 11) is 0. The lowest BCUT2D eigenvalue weighted by Gasteiger charge is -2.34. The largest absolute Gasteiger partial charge is 0.338 e. The van der Waals surface area contributed by atoms with Crippen molar-refractivity contribution < 1.29 is 4.79 Å². The fourth-order valence-corrected chi connectivity index (χ4v) is 6.01. The van der Waals surface area contributed by atoms with Crippen LogP contribution in [0.3, 0.4) is 0 Å². The standard InChI is InChI=1S/C29H31BrN2O/c30-27-13-7-12-25(18-27)29(33)32-20-26(28(21-32)24-10-5-2-6-11-24)19-31-16-14-23(15-17-31)22-8-3-1-4-9-22/h1-13,18,23,26,28H,14-17,19-21H2/t26-,28+/m1/s1. The van der Waals surface area contributed by atoms with E-state index in [1.54, 1.807) is 0 Å². The average molecular weight is 503 g/mol. The summed E-state index contributed by atoms with van der Waals surface area (Å²) in [6.07, 6.45) is 2.43. The number of rotatable bonds is 5. The van der Waals surface area contributed by atoms with Crippen LogP contribution in [-0.4, -0.2) is 48.4 Å². The van der Waals surface area contributed by atoms with Crippen LogP contribution in [0.1, 0.15) is 46.2 Å². The number of hydrogen-bond donors (Lipinski definition) is 0. The van der Waals surface area contributed by atoms with E-state index in [0.717, 1.165) is 42.8 Å². The van der Waals surface area contributed by atoms with Crippen LogP contribution >= 0.6 is 15.9 Å². The molecule has 33 heavy (non-hydrogen) atoms. The zero-order chi connectivity index (χ0) is 22.6. The molecule has 2 aliphatic rings. The maximum atomic E-state index is 13.3.